The number of benzene rings is 2. The van der Waals surface area contributed by atoms with Crippen molar-refractivity contribution in [2.75, 3.05) is 6.61 Å². The summed E-state index contributed by atoms with van der Waals surface area (Å²) in [5, 5.41) is 2.23. The van der Waals surface area contributed by atoms with E-state index in [1.165, 1.54) is 63.4 Å². The summed E-state index contributed by atoms with van der Waals surface area (Å²) in [6.07, 6.45) is 17.7. The molecular formula is C43H56O5. The van der Waals surface area contributed by atoms with Crippen molar-refractivity contribution in [1.29, 1.82) is 0 Å². The van der Waals surface area contributed by atoms with E-state index in [1.54, 1.807) is 12.1 Å². The number of rotatable bonds is 9. The lowest BCUT2D eigenvalue weighted by atomic mass is 9.44. The van der Waals surface area contributed by atoms with Gasteiger partial charge < -0.3 is 13.9 Å². The van der Waals surface area contributed by atoms with Gasteiger partial charge in [0.05, 0.1) is 5.39 Å². The summed E-state index contributed by atoms with van der Waals surface area (Å²) in [4.78, 5) is 25.4. The fourth-order valence-corrected chi connectivity index (χ4v) is 10.9. The van der Waals surface area contributed by atoms with Gasteiger partial charge in [-0.15, -0.1) is 0 Å². The minimum absolute atomic E-state index is 0.0977. The predicted octanol–water partition coefficient (Wildman–Crippen LogP) is 10.7. The first-order chi connectivity index (χ1) is 23.0. The van der Waals surface area contributed by atoms with Gasteiger partial charge in [-0.3, -0.25) is 0 Å². The fraction of sp³-hybridized carbons (Fsp3) is 0.628. The van der Waals surface area contributed by atoms with Crippen LogP contribution in [0.4, 0.5) is 0 Å². The number of hydrogen-bond acceptors (Lipinski definition) is 5. The van der Waals surface area contributed by atoms with Gasteiger partial charge in [0.15, 0.2) is 6.61 Å². The second-order valence-electron chi connectivity index (χ2n) is 17.0. The van der Waals surface area contributed by atoms with Crippen molar-refractivity contribution in [2.45, 2.75) is 118 Å². The highest BCUT2D eigenvalue weighted by molar-refractivity contribution is 6.04. The SMILES string of the molecule is CC(C)CCC[C@H](C)[C@H]1CC[C@@H]2[C@@H]3CC=C4C[C@H](OC(=O)COc5ccc6c(c5)oc(=O)c5ccccc56)CC[C@]4(C)[C@@H]3CC[C@]2(C)C1. The Balaban J connectivity index is 0.947. The van der Waals surface area contributed by atoms with Crippen molar-refractivity contribution >= 4 is 27.7 Å². The molecule has 48 heavy (non-hydrogen) atoms. The molecule has 1 heterocycles. The standard InChI is InChI=1S/C43H56O5/c1-27(2)9-8-10-28(3)29-13-18-37-36-16-14-30-23-32(19-22-43(30,5)38(36)20-21-42(37,4)25-29)47-40(44)26-46-31-15-17-34-33-11-6-7-12-35(33)41(45)48-39(34)24-31/h6-7,11-12,14-15,17,24,27-29,32,36-38H,8-10,13,16,18-23,25-26H2,1-5H3/t28-,29-,32+,36-,37+,38+,42+,43-/m0/s1. The smallest absolute Gasteiger partial charge is 0.344 e. The molecule has 0 N–H and O–H groups in total. The Labute approximate surface area is 286 Å². The van der Waals surface area contributed by atoms with E-state index in [1.807, 2.05) is 30.3 Å². The Hall–Kier alpha value is -3.08. The van der Waals surface area contributed by atoms with Crippen LogP contribution >= 0.6 is 0 Å². The van der Waals surface area contributed by atoms with Gasteiger partial charge in [0.1, 0.15) is 17.4 Å². The van der Waals surface area contributed by atoms with E-state index in [4.69, 9.17) is 13.9 Å². The third-order valence-corrected chi connectivity index (χ3v) is 13.6. The van der Waals surface area contributed by atoms with Gasteiger partial charge in [0.2, 0.25) is 0 Å². The molecule has 5 heteroatoms. The normalized spacial score (nSPS) is 32.2. The molecule has 0 spiro atoms. The first-order valence-corrected chi connectivity index (χ1v) is 19.0. The van der Waals surface area contributed by atoms with Crippen LogP contribution in [-0.4, -0.2) is 18.7 Å². The molecule has 0 amide bonds. The maximum Gasteiger partial charge on any atom is 0.344 e. The molecular weight excluding hydrogens is 596 g/mol. The van der Waals surface area contributed by atoms with Gasteiger partial charge in [-0.2, -0.15) is 0 Å². The highest BCUT2D eigenvalue weighted by Crippen LogP contribution is 2.65. The van der Waals surface area contributed by atoms with Crippen molar-refractivity contribution < 1.29 is 18.7 Å². The van der Waals surface area contributed by atoms with Crippen LogP contribution in [0.15, 0.2) is 63.3 Å². The van der Waals surface area contributed by atoms with Gasteiger partial charge in [0.25, 0.3) is 0 Å². The topological polar surface area (TPSA) is 65.7 Å². The predicted molar refractivity (Wildman–Crippen MR) is 193 cm³/mol. The second-order valence-corrected chi connectivity index (χ2v) is 17.0. The van der Waals surface area contributed by atoms with Crippen LogP contribution in [0, 0.1) is 46.3 Å². The molecule has 3 saturated carbocycles. The zero-order valence-corrected chi connectivity index (χ0v) is 29.9. The van der Waals surface area contributed by atoms with Crippen molar-refractivity contribution in [3.05, 3.63) is 64.5 Å². The molecule has 0 saturated heterocycles. The highest BCUT2D eigenvalue weighted by Gasteiger charge is 2.56. The number of hydrogen-bond donors (Lipinski definition) is 0. The Morgan fingerprint density at radius 1 is 0.938 bits per heavy atom. The fourth-order valence-electron chi connectivity index (χ4n) is 10.9. The summed E-state index contributed by atoms with van der Waals surface area (Å²) in [7, 11) is 0. The summed E-state index contributed by atoms with van der Waals surface area (Å²) in [5.41, 5.74) is 2.32. The van der Waals surface area contributed by atoms with Crippen molar-refractivity contribution in [1.82, 2.24) is 0 Å². The maximum absolute atomic E-state index is 13.0. The van der Waals surface area contributed by atoms with Gasteiger partial charge >= 0.3 is 11.6 Å². The first-order valence-electron chi connectivity index (χ1n) is 19.0. The Bertz CT molecular complexity index is 1730. The molecule has 1 aromatic heterocycles. The maximum atomic E-state index is 13.0. The lowest BCUT2D eigenvalue weighted by molar-refractivity contribution is -0.154. The molecule has 5 nitrogen and oxygen atoms in total. The largest absolute Gasteiger partial charge is 0.482 e. The quantitative estimate of drug-likeness (QED) is 0.0996. The second kappa shape index (κ2) is 13.3. The lowest BCUT2D eigenvalue weighted by Gasteiger charge is -2.61. The summed E-state index contributed by atoms with van der Waals surface area (Å²) in [5.74, 6) is 5.10. The van der Waals surface area contributed by atoms with Gasteiger partial charge in [-0.1, -0.05) is 83.7 Å². The number of carbonyl (C=O) groups excluding carboxylic acids is 1. The molecule has 0 unspecified atom stereocenters. The number of esters is 1. The molecule has 8 atom stereocenters. The monoisotopic (exact) mass is 652 g/mol. The third-order valence-electron chi connectivity index (χ3n) is 13.6. The minimum atomic E-state index is -0.380. The molecule has 0 bridgehead atoms. The summed E-state index contributed by atoms with van der Waals surface area (Å²) in [6, 6.07) is 12.8. The van der Waals surface area contributed by atoms with Crippen LogP contribution in [0.2, 0.25) is 0 Å². The third kappa shape index (κ3) is 6.36. The van der Waals surface area contributed by atoms with E-state index in [-0.39, 0.29) is 29.7 Å². The number of ether oxygens (including phenoxy) is 2. The van der Waals surface area contributed by atoms with Crippen LogP contribution in [-0.2, 0) is 9.53 Å². The van der Waals surface area contributed by atoms with E-state index in [0.717, 1.165) is 65.5 Å². The average molecular weight is 653 g/mol. The number of allylic oxidation sites excluding steroid dienone is 1. The van der Waals surface area contributed by atoms with Crippen molar-refractivity contribution in [3.63, 3.8) is 0 Å². The van der Waals surface area contributed by atoms with E-state index < -0.39 is 0 Å². The molecule has 4 aliphatic carbocycles. The summed E-state index contributed by atoms with van der Waals surface area (Å²) >= 11 is 0. The van der Waals surface area contributed by atoms with Gasteiger partial charge in [-0.25, -0.2) is 9.59 Å². The molecule has 2 aromatic carbocycles. The van der Waals surface area contributed by atoms with Gasteiger partial charge in [-0.05, 0) is 121 Å². The van der Waals surface area contributed by atoms with E-state index in [9.17, 15) is 9.59 Å². The van der Waals surface area contributed by atoms with E-state index in [0.29, 0.717) is 22.1 Å². The van der Waals surface area contributed by atoms with Crippen LogP contribution < -0.4 is 10.4 Å². The summed E-state index contributed by atoms with van der Waals surface area (Å²) < 4.78 is 17.4. The molecule has 0 radical (unpaired) electrons. The van der Waals surface area contributed by atoms with Crippen LogP contribution in [0.1, 0.15) is 112 Å². The average Bonchev–Trinajstić information content (AvgIpc) is 3.06. The zero-order valence-electron chi connectivity index (χ0n) is 29.9. The van der Waals surface area contributed by atoms with E-state index >= 15 is 0 Å². The molecule has 7 rings (SSSR count). The van der Waals surface area contributed by atoms with Crippen LogP contribution in [0.25, 0.3) is 21.7 Å². The zero-order chi connectivity index (χ0) is 33.6. The molecule has 258 valence electrons. The van der Waals surface area contributed by atoms with Crippen molar-refractivity contribution in [2.24, 2.45) is 46.3 Å². The minimum Gasteiger partial charge on any atom is -0.482 e. The Morgan fingerprint density at radius 3 is 2.56 bits per heavy atom. The molecule has 3 fully saturated rings. The summed E-state index contributed by atoms with van der Waals surface area (Å²) in [6.45, 7) is 12.3. The lowest BCUT2D eigenvalue weighted by Crippen LogP contribution is -2.52. The van der Waals surface area contributed by atoms with E-state index in [2.05, 4.69) is 40.7 Å². The molecule has 0 aliphatic heterocycles. The van der Waals surface area contributed by atoms with Crippen LogP contribution in [0.3, 0.4) is 0 Å². The van der Waals surface area contributed by atoms with Gasteiger partial charge in [0, 0.05) is 17.9 Å². The van der Waals surface area contributed by atoms with Crippen LogP contribution in [0.5, 0.6) is 5.75 Å². The number of fused-ring (bicyclic) bond motifs is 8. The number of carbonyl (C=O) groups is 1. The molecule has 3 aromatic rings. The molecule has 4 aliphatic rings. The Morgan fingerprint density at radius 2 is 1.75 bits per heavy atom. The first kappa shape index (κ1) is 33.4. The highest BCUT2D eigenvalue weighted by atomic mass is 16.6. The Kier molecular flexibility index (Phi) is 9.28. The van der Waals surface area contributed by atoms with Crippen molar-refractivity contribution in [3.8, 4) is 5.75 Å².